The van der Waals surface area contributed by atoms with Crippen LogP contribution in [0.3, 0.4) is 0 Å². The molecule has 1 aliphatic rings. The van der Waals surface area contributed by atoms with Crippen molar-refractivity contribution in [2.45, 2.75) is 13.0 Å². The smallest absolute Gasteiger partial charge is 0.253 e. The van der Waals surface area contributed by atoms with Crippen molar-refractivity contribution < 1.29 is 14.3 Å². The molecule has 1 N–H and O–H groups in total. The van der Waals surface area contributed by atoms with Gasteiger partial charge in [0.2, 0.25) is 5.91 Å². The fraction of sp³-hybridized carbons (Fsp3) is 0.333. The first kappa shape index (κ1) is 18.9. The third kappa shape index (κ3) is 4.65. The van der Waals surface area contributed by atoms with Crippen molar-refractivity contribution in [2.75, 3.05) is 38.6 Å². The van der Waals surface area contributed by atoms with E-state index < -0.39 is 0 Å². The fourth-order valence-electron chi connectivity index (χ4n) is 3.19. The molecular weight excluding hydrogens is 342 g/mol. The van der Waals surface area contributed by atoms with E-state index in [1.807, 2.05) is 60.4 Å². The predicted octanol–water partition coefficient (Wildman–Crippen LogP) is 2.48. The molecule has 0 aromatic heterocycles. The molecule has 1 atom stereocenters. The number of ether oxygens (including phenoxy) is 1. The van der Waals surface area contributed by atoms with Crippen LogP contribution in [0.25, 0.3) is 0 Å². The van der Waals surface area contributed by atoms with Gasteiger partial charge in [0.25, 0.3) is 5.91 Å². The van der Waals surface area contributed by atoms with Gasteiger partial charge in [-0.2, -0.15) is 0 Å². The third-order valence-electron chi connectivity index (χ3n) is 4.89. The Kier molecular flexibility index (Phi) is 6.08. The van der Waals surface area contributed by atoms with Crippen LogP contribution in [-0.4, -0.2) is 60.9 Å². The van der Waals surface area contributed by atoms with Gasteiger partial charge in [0.15, 0.2) is 0 Å². The lowest BCUT2D eigenvalue weighted by atomic mass is 10.1. The number of nitrogens with one attached hydrogen (secondary N) is 1. The monoisotopic (exact) mass is 367 g/mol. The van der Waals surface area contributed by atoms with Crippen molar-refractivity contribution in [3.8, 4) is 5.75 Å². The molecule has 6 nitrogen and oxygen atoms in total. The van der Waals surface area contributed by atoms with Crippen LogP contribution in [0.1, 0.15) is 17.3 Å². The van der Waals surface area contributed by atoms with E-state index in [0.717, 1.165) is 0 Å². The van der Waals surface area contributed by atoms with Gasteiger partial charge in [-0.25, -0.2) is 0 Å². The highest BCUT2D eigenvalue weighted by Crippen LogP contribution is 2.18. The molecule has 3 rings (SSSR count). The number of benzene rings is 2. The Morgan fingerprint density at radius 3 is 2.37 bits per heavy atom. The Labute approximate surface area is 159 Å². The predicted molar refractivity (Wildman–Crippen MR) is 105 cm³/mol. The fourth-order valence-corrected chi connectivity index (χ4v) is 3.19. The Balaban J connectivity index is 1.54. The molecule has 2 aromatic rings. The average molecular weight is 367 g/mol. The first-order valence-electron chi connectivity index (χ1n) is 9.12. The second-order valence-corrected chi connectivity index (χ2v) is 6.59. The van der Waals surface area contributed by atoms with Gasteiger partial charge in [-0.1, -0.05) is 24.3 Å². The van der Waals surface area contributed by atoms with Gasteiger partial charge in [-0.3, -0.25) is 14.5 Å². The second kappa shape index (κ2) is 8.68. The van der Waals surface area contributed by atoms with Gasteiger partial charge in [0.05, 0.1) is 13.2 Å². The van der Waals surface area contributed by atoms with Gasteiger partial charge in [0.1, 0.15) is 5.75 Å². The number of methoxy groups -OCH3 is 1. The molecule has 0 spiro atoms. The number of amides is 2. The molecule has 6 heteroatoms. The summed E-state index contributed by atoms with van der Waals surface area (Å²) in [5, 5.41) is 2.93. The van der Waals surface area contributed by atoms with E-state index in [9.17, 15) is 9.59 Å². The van der Waals surface area contributed by atoms with E-state index in [0.29, 0.717) is 43.2 Å². The Morgan fingerprint density at radius 2 is 1.70 bits per heavy atom. The second-order valence-electron chi connectivity index (χ2n) is 6.59. The topological polar surface area (TPSA) is 61.9 Å². The molecule has 1 fully saturated rings. The molecule has 0 unspecified atom stereocenters. The first-order valence-corrected chi connectivity index (χ1v) is 9.12. The Morgan fingerprint density at radius 1 is 1.00 bits per heavy atom. The highest BCUT2D eigenvalue weighted by Gasteiger charge is 2.27. The maximum atomic E-state index is 12.6. The van der Waals surface area contributed by atoms with Crippen LogP contribution in [0.5, 0.6) is 5.75 Å². The zero-order valence-electron chi connectivity index (χ0n) is 15.7. The zero-order chi connectivity index (χ0) is 19.2. The molecular formula is C21H25N3O3. The Hall–Kier alpha value is -2.86. The van der Waals surface area contributed by atoms with Crippen molar-refractivity contribution in [3.63, 3.8) is 0 Å². The van der Waals surface area contributed by atoms with Crippen molar-refractivity contribution in [2.24, 2.45) is 0 Å². The van der Waals surface area contributed by atoms with E-state index in [1.54, 1.807) is 13.2 Å². The normalized spacial score (nSPS) is 15.9. The summed E-state index contributed by atoms with van der Waals surface area (Å²) in [6, 6.07) is 16.3. The van der Waals surface area contributed by atoms with Crippen LogP contribution in [-0.2, 0) is 4.79 Å². The molecule has 0 bridgehead atoms. The standard InChI is InChI=1S/C21H25N3O3/c1-16(20(25)22-18-9-6-10-19(15-18)27-2)23-11-13-24(14-12-23)21(26)17-7-4-3-5-8-17/h3-10,15-16H,11-14H2,1-2H3,(H,22,25)/t16-/m0/s1. The van der Waals surface area contributed by atoms with E-state index >= 15 is 0 Å². The summed E-state index contributed by atoms with van der Waals surface area (Å²) in [5.74, 6) is 0.684. The number of rotatable bonds is 5. The van der Waals surface area contributed by atoms with Crippen LogP contribution in [0, 0.1) is 0 Å². The molecule has 0 aliphatic carbocycles. The number of piperazine rings is 1. The minimum atomic E-state index is -0.273. The molecule has 142 valence electrons. The van der Waals surface area contributed by atoms with Crippen molar-refractivity contribution >= 4 is 17.5 Å². The van der Waals surface area contributed by atoms with E-state index in [2.05, 4.69) is 10.2 Å². The molecule has 0 radical (unpaired) electrons. The summed E-state index contributed by atoms with van der Waals surface area (Å²) in [6.45, 7) is 4.47. The molecule has 0 saturated carbocycles. The third-order valence-corrected chi connectivity index (χ3v) is 4.89. The maximum absolute atomic E-state index is 12.6. The highest BCUT2D eigenvalue weighted by molar-refractivity contribution is 5.95. The average Bonchev–Trinajstić information content (AvgIpc) is 2.73. The number of hydrogen-bond acceptors (Lipinski definition) is 4. The lowest BCUT2D eigenvalue weighted by Gasteiger charge is -2.37. The number of carbonyl (C=O) groups excluding carboxylic acids is 2. The van der Waals surface area contributed by atoms with Gasteiger partial charge in [-0.05, 0) is 31.2 Å². The van der Waals surface area contributed by atoms with Gasteiger partial charge < -0.3 is 15.0 Å². The summed E-state index contributed by atoms with van der Waals surface area (Å²) in [6.07, 6.45) is 0. The van der Waals surface area contributed by atoms with Crippen LogP contribution < -0.4 is 10.1 Å². The van der Waals surface area contributed by atoms with Crippen molar-refractivity contribution in [1.82, 2.24) is 9.80 Å². The summed E-state index contributed by atoms with van der Waals surface area (Å²) in [4.78, 5) is 29.0. The molecule has 27 heavy (non-hydrogen) atoms. The lowest BCUT2D eigenvalue weighted by Crippen LogP contribution is -2.54. The van der Waals surface area contributed by atoms with Gasteiger partial charge >= 0.3 is 0 Å². The van der Waals surface area contributed by atoms with E-state index in [4.69, 9.17) is 4.74 Å². The molecule has 1 heterocycles. The van der Waals surface area contributed by atoms with Gasteiger partial charge in [-0.15, -0.1) is 0 Å². The molecule has 2 aromatic carbocycles. The summed E-state index contributed by atoms with van der Waals surface area (Å²) >= 11 is 0. The van der Waals surface area contributed by atoms with E-state index in [-0.39, 0.29) is 17.9 Å². The summed E-state index contributed by atoms with van der Waals surface area (Å²) < 4.78 is 5.18. The van der Waals surface area contributed by atoms with Gasteiger partial charge in [0, 0.05) is 43.5 Å². The number of hydrogen-bond donors (Lipinski definition) is 1. The number of carbonyl (C=O) groups is 2. The van der Waals surface area contributed by atoms with E-state index in [1.165, 1.54) is 0 Å². The summed E-state index contributed by atoms with van der Waals surface area (Å²) in [5.41, 5.74) is 1.42. The molecule has 2 amide bonds. The largest absolute Gasteiger partial charge is 0.497 e. The maximum Gasteiger partial charge on any atom is 0.253 e. The SMILES string of the molecule is COc1cccc(NC(=O)[C@H](C)N2CCN(C(=O)c3ccccc3)CC2)c1. The molecule has 1 aliphatic heterocycles. The Bertz CT molecular complexity index is 786. The minimum Gasteiger partial charge on any atom is -0.497 e. The number of nitrogens with zero attached hydrogens (tertiary/aromatic N) is 2. The van der Waals surface area contributed by atoms with Crippen LogP contribution in [0.2, 0.25) is 0 Å². The number of anilines is 1. The zero-order valence-corrected chi connectivity index (χ0v) is 15.7. The van der Waals surface area contributed by atoms with Crippen LogP contribution in [0.15, 0.2) is 54.6 Å². The highest BCUT2D eigenvalue weighted by atomic mass is 16.5. The van der Waals surface area contributed by atoms with Crippen molar-refractivity contribution in [1.29, 1.82) is 0 Å². The lowest BCUT2D eigenvalue weighted by molar-refractivity contribution is -0.121. The minimum absolute atomic E-state index is 0.0451. The van der Waals surface area contributed by atoms with Crippen LogP contribution in [0.4, 0.5) is 5.69 Å². The van der Waals surface area contributed by atoms with Crippen molar-refractivity contribution in [3.05, 3.63) is 60.2 Å². The first-order chi connectivity index (χ1) is 13.1. The quantitative estimate of drug-likeness (QED) is 0.882. The summed E-state index contributed by atoms with van der Waals surface area (Å²) in [7, 11) is 1.60. The molecule has 1 saturated heterocycles. The van der Waals surface area contributed by atoms with Crippen LogP contribution >= 0.6 is 0 Å².